The average Bonchev–Trinajstić information content (AvgIpc) is 3.37. The third-order valence-corrected chi connectivity index (χ3v) is 6.51. The zero-order valence-corrected chi connectivity index (χ0v) is 18.0. The Morgan fingerprint density at radius 3 is 2.72 bits per heavy atom. The van der Waals surface area contributed by atoms with Crippen LogP contribution in [-0.2, 0) is 16.0 Å². The van der Waals surface area contributed by atoms with Crippen LogP contribution in [0.1, 0.15) is 50.8 Å². The topological polar surface area (TPSA) is 89.9 Å². The summed E-state index contributed by atoms with van der Waals surface area (Å²) in [5, 5.41) is 25.0. The molecule has 2 heterocycles. The first-order chi connectivity index (χ1) is 13.8. The Morgan fingerprint density at radius 1 is 1.31 bits per heavy atom. The highest BCUT2D eigenvalue weighted by molar-refractivity contribution is 7.09. The van der Waals surface area contributed by atoms with Gasteiger partial charge in [0.05, 0.1) is 6.17 Å². The molecule has 164 valence electrons. The lowest BCUT2D eigenvalue weighted by Crippen LogP contribution is -2.52. The molecule has 29 heavy (non-hydrogen) atoms. The fourth-order valence-electron chi connectivity index (χ4n) is 3.89. The first kappa shape index (κ1) is 23.8. The van der Waals surface area contributed by atoms with Gasteiger partial charge in [-0.15, -0.1) is 11.3 Å². The number of rotatable bonds is 11. The number of thiophene rings is 1. The van der Waals surface area contributed by atoms with Crippen LogP contribution in [0.25, 0.3) is 0 Å². The van der Waals surface area contributed by atoms with Gasteiger partial charge in [-0.2, -0.15) is 0 Å². The fourth-order valence-corrected chi connectivity index (χ4v) is 4.60. The summed E-state index contributed by atoms with van der Waals surface area (Å²) in [6.07, 6.45) is -0.116. The molecule has 0 spiro atoms. The van der Waals surface area contributed by atoms with Gasteiger partial charge >= 0.3 is 0 Å². The van der Waals surface area contributed by atoms with Crippen molar-refractivity contribution in [3.63, 3.8) is 0 Å². The van der Waals surface area contributed by atoms with Gasteiger partial charge in [0.25, 0.3) is 11.8 Å². The highest BCUT2D eigenvalue weighted by Gasteiger charge is 2.39. The molecule has 1 fully saturated rings. The number of hydrogen-bond acceptors (Lipinski definition) is 5. The van der Waals surface area contributed by atoms with E-state index < -0.39 is 30.2 Å². The molecule has 0 saturated carbocycles. The molecule has 3 N–H and O–H groups in total. The summed E-state index contributed by atoms with van der Waals surface area (Å²) < 4.78 is 13.0. The molecule has 2 rings (SSSR count). The van der Waals surface area contributed by atoms with Crippen LogP contribution in [0.2, 0.25) is 0 Å². The van der Waals surface area contributed by atoms with Crippen LogP contribution < -0.4 is 5.32 Å². The summed E-state index contributed by atoms with van der Waals surface area (Å²) in [5.41, 5.74) is 0. The normalized spacial score (nSPS) is 20.9. The van der Waals surface area contributed by atoms with E-state index in [1.807, 2.05) is 24.4 Å². The summed E-state index contributed by atoms with van der Waals surface area (Å²) >= 11 is 1.58. The Balaban J connectivity index is 1.83. The lowest BCUT2D eigenvalue weighted by molar-refractivity contribution is -0.154. The minimum atomic E-state index is -1.80. The summed E-state index contributed by atoms with van der Waals surface area (Å²) in [4.78, 5) is 27.5. The monoisotopic (exact) mass is 428 g/mol. The van der Waals surface area contributed by atoms with E-state index in [-0.39, 0.29) is 12.0 Å². The molecular weight excluding hydrogens is 395 g/mol. The number of aliphatic hydroxyl groups is 2. The molecule has 1 aliphatic heterocycles. The first-order valence-corrected chi connectivity index (χ1v) is 11.3. The number of amides is 2. The number of nitrogens with zero attached hydrogens (tertiary/aromatic N) is 1. The van der Waals surface area contributed by atoms with E-state index in [1.165, 1.54) is 0 Å². The summed E-state index contributed by atoms with van der Waals surface area (Å²) in [7, 11) is 0. The third kappa shape index (κ3) is 7.04. The van der Waals surface area contributed by atoms with Gasteiger partial charge in [-0.25, -0.2) is 4.39 Å². The molecule has 5 atom stereocenters. The zero-order valence-electron chi connectivity index (χ0n) is 17.2. The number of likely N-dealkylation sites (tertiary alicyclic amines) is 1. The van der Waals surface area contributed by atoms with Crippen LogP contribution in [0, 0.1) is 5.92 Å². The Hall–Kier alpha value is -1.51. The van der Waals surface area contributed by atoms with Crippen molar-refractivity contribution in [1.29, 1.82) is 0 Å². The second-order valence-electron chi connectivity index (χ2n) is 7.94. The smallest absolute Gasteiger partial charge is 0.254 e. The van der Waals surface area contributed by atoms with E-state index in [0.717, 1.165) is 30.6 Å². The number of carbonyl (C=O) groups excluding carboxylic acids is 2. The van der Waals surface area contributed by atoms with Gasteiger partial charge in [-0.05, 0) is 56.4 Å². The molecule has 1 aromatic rings. The second kappa shape index (κ2) is 11.6. The number of nitrogens with one attached hydrogen (secondary N) is 1. The summed E-state index contributed by atoms with van der Waals surface area (Å²) in [5.74, 6) is -1.19. The number of hydrogen-bond donors (Lipinski definition) is 3. The minimum Gasteiger partial charge on any atom is -0.380 e. The van der Waals surface area contributed by atoms with Crippen molar-refractivity contribution < 1.29 is 24.2 Å². The van der Waals surface area contributed by atoms with Crippen LogP contribution in [-0.4, -0.2) is 64.4 Å². The number of alkyl halides is 1. The molecule has 2 amide bonds. The van der Waals surface area contributed by atoms with Crippen LogP contribution >= 0.6 is 11.3 Å². The summed E-state index contributed by atoms with van der Waals surface area (Å²) in [6.45, 7) is 4.39. The van der Waals surface area contributed by atoms with Crippen LogP contribution in [0.15, 0.2) is 17.5 Å². The third-order valence-electron chi connectivity index (χ3n) is 5.57. The van der Waals surface area contributed by atoms with E-state index in [9.17, 15) is 24.2 Å². The second-order valence-corrected chi connectivity index (χ2v) is 8.97. The number of aliphatic hydroxyl groups excluding tert-OH is 2. The van der Waals surface area contributed by atoms with Crippen LogP contribution in [0.3, 0.4) is 0 Å². The van der Waals surface area contributed by atoms with Crippen molar-refractivity contribution in [2.24, 2.45) is 5.92 Å². The predicted octanol–water partition coefficient (Wildman–Crippen LogP) is 2.28. The van der Waals surface area contributed by atoms with E-state index in [1.54, 1.807) is 23.2 Å². The van der Waals surface area contributed by atoms with Gasteiger partial charge in [-0.1, -0.05) is 19.4 Å². The van der Waals surface area contributed by atoms with Crippen molar-refractivity contribution in [2.75, 3.05) is 13.1 Å². The maximum absolute atomic E-state index is 13.0. The van der Waals surface area contributed by atoms with Crippen LogP contribution in [0.5, 0.6) is 0 Å². The van der Waals surface area contributed by atoms with Crippen molar-refractivity contribution in [1.82, 2.24) is 10.2 Å². The molecule has 8 heteroatoms. The molecule has 1 aliphatic rings. The lowest BCUT2D eigenvalue weighted by atomic mass is 9.93. The highest BCUT2D eigenvalue weighted by atomic mass is 32.1. The van der Waals surface area contributed by atoms with Gasteiger partial charge in [0.15, 0.2) is 12.2 Å². The first-order valence-electron chi connectivity index (χ1n) is 10.4. The Bertz CT molecular complexity index is 641. The maximum Gasteiger partial charge on any atom is 0.254 e. The fraction of sp³-hybridized carbons (Fsp3) is 0.714. The molecule has 0 bridgehead atoms. The van der Waals surface area contributed by atoms with E-state index in [4.69, 9.17) is 0 Å². The van der Waals surface area contributed by atoms with Crippen molar-refractivity contribution in [2.45, 2.75) is 76.8 Å². The highest BCUT2D eigenvalue weighted by Crippen LogP contribution is 2.28. The van der Waals surface area contributed by atoms with E-state index in [2.05, 4.69) is 5.32 Å². The minimum absolute atomic E-state index is 0.0545. The average molecular weight is 429 g/mol. The molecule has 0 aromatic carbocycles. The predicted molar refractivity (Wildman–Crippen MR) is 111 cm³/mol. The molecule has 1 aromatic heterocycles. The lowest BCUT2D eigenvalue weighted by Gasteiger charge is -2.32. The number of carbonyl (C=O) groups is 2. The quantitative estimate of drug-likeness (QED) is 0.504. The Kier molecular flexibility index (Phi) is 9.52. The number of halogens is 1. The van der Waals surface area contributed by atoms with E-state index in [0.29, 0.717) is 25.9 Å². The molecule has 3 unspecified atom stereocenters. The van der Waals surface area contributed by atoms with Crippen molar-refractivity contribution in [3.05, 3.63) is 22.4 Å². The van der Waals surface area contributed by atoms with Crippen LogP contribution in [0.4, 0.5) is 4.39 Å². The van der Waals surface area contributed by atoms with Gasteiger partial charge in [-0.3, -0.25) is 9.59 Å². The maximum atomic E-state index is 13.0. The van der Waals surface area contributed by atoms with E-state index >= 15 is 0 Å². The summed E-state index contributed by atoms with van der Waals surface area (Å²) in [6, 6.07) is 3.82. The largest absolute Gasteiger partial charge is 0.380 e. The standard InChI is InChI=1S/C21H33FN2O4S/c1-14(6-3-7-15(2)22)17-9-4-12-24(17)21(28)19(26)18(25)20(27)23-11-10-16-8-5-13-29-16/h5,8,13-15,17-19,25-26H,3-4,6-7,9-12H2,1-2H3,(H,23,27)/t14?,15?,17?,18-,19-/m1/s1. The Morgan fingerprint density at radius 2 is 2.07 bits per heavy atom. The van der Waals surface area contributed by atoms with Gasteiger partial charge in [0.1, 0.15) is 0 Å². The van der Waals surface area contributed by atoms with Crippen molar-refractivity contribution in [3.8, 4) is 0 Å². The van der Waals surface area contributed by atoms with Crippen molar-refractivity contribution >= 4 is 23.2 Å². The zero-order chi connectivity index (χ0) is 21.4. The molecule has 6 nitrogen and oxygen atoms in total. The van der Waals surface area contributed by atoms with Gasteiger partial charge in [0.2, 0.25) is 0 Å². The molecule has 0 radical (unpaired) electrons. The van der Waals surface area contributed by atoms with Gasteiger partial charge in [0, 0.05) is 24.0 Å². The molecule has 0 aliphatic carbocycles. The SMILES string of the molecule is CC(F)CCCC(C)C1CCCN1C(=O)[C@H](O)[C@@H](O)C(=O)NCCc1cccs1. The van der Waals surface area contributed by atoms with Gasteiger partial charge < -0.3 is 20.4 Å². The molecule has 1 saturated heterocycles. The molecular formula is C21H33FN2O4S. The Labute approximate surface area is 176 Å².